The first-order valence-electron chi connectivity index (χ1n) is 9.16. The number of rotatable bonds is 6. The number of nitrogens with one attached hydrogen (secondary N) is 1. The van der Waals surface area contributed by atoms with Crippen molar-refractivity contribution in [3.05, 3.63) is 34.9 Å². The fourth-order valence-electron chi connectivity index (χ4n) is 3.19. The van der Waals surface area contributed by atoms with Gasteiger partial charge in [0.2, 0.25) is 5.91 Å². The number of hydrogen-bond donors (Lipinski definition) is 1. The van der Waals surface area contributed by atoms with Crippen molar-refractivity contribution in [2.24, 2.45) is 5.92 Å². The Labute approximate surface area is 150 Å². The Kier molecular flexibility index (Phi) is 7.00. The predicted octanol–water partition coefficient (Wildman–Crippen LogP) is 2.76. The van der Waals surface area contributed by atoms with Crippen LogP contribution in [-0.4, -0.2) is 43.0 Å². The lowest BCUT2D eigenvalue weighted by Crippen LogP contribution is -2.43. The number of piperidine rings is 1. The highest BCUT2D eigenvalue weighted by Crippen LogP contribution is 2.19. The minimum atomic E-state index is -0.102. The van der Waals surface area contributed by atoms with E-state index in [4.69, 9.17) is 4.74 Å². The van der Waals surface area contributed by atoms with Crippen LogP contribution < -0.4 is 5.32 Å². The zero-order valence-electron chi connectivity index (χ0n) is 15.8. The predicted molar refractivity (Wildman–Crippen MR) is 98.3 cm³/mol. The molecule has 1 heterocycles. The second-order valence-corrected chi connectivity index (χ2v) is 6.94. The first-order valence-corrected chi connectivity index (χ1v) is 9.16. The largest absolute Gasteiger partial charge is 0.466 e. The number of amides is 1. The number of likely N-dealkylation sites (tertiary alicyclic amines) is 1. The van der Waals surface area contributed by atoms with E-state index in [0.717, 1.165) is 31.5 Å². The maximum absolute atomic E-state index is 12.3. The van der Waals surface area contributed by atoms with Gasteiger partial charge in [-0.1, -0.05) is 18.2 Å². The molecule has 1 N–H and O–H groups in total. The fraction of sp³-hybridized carbons (Fsp3) is 0.600. The van der Waals surface area contributed by atoms with Gasteiger partial charge in [0.1, 0.15) is 0 Å². The SMILES string of the molecule is CCOC(=O)C1CCN(CC(=O)N[C@H](C)c2ccc(C)c(C)c2)CC1. The molecule has 1 aromatic carbocycles. The summed E-state index contributed by atoms with van der Waals surface area (Å²) in [5.41, 5.74) is 3.61. The van der Waals surface area contributed by atoms with Crippen molar-refractivity contribution >= 4 is 11.9 Å². The van der Waals surface area contributed by atoms with Gasteiger partial charge < -0.3 is 10.1 Å². The normalized spacial score (nSPS) is 17.1. The number of hydrogen-bond acceptors (Lipinski definition) is 4. The maximum Gasteiger partial charge on any atom is 0.309 e. The van der Waals surface area contributed by atoms with Crippen molar-refractivity contribution in [2.45, 2.75) is 46.6 Å². The Morgan fingerprint density at radius 2 is 1.92 bits per heavy atom. The number of carbonyl (C=O) groups excluding carboxylic acids is 2. The van der Waals surface area contributed by atoms with E-state index < -0.39 is 0 Å². The Bertz CT molecular complexity index is 607. The van der Waals surface area contributed by atoms with Gasteiger partial charge in [-0.15, -0.1) is 0 Å². The third-order valence-electron chi connectivity index (χ3n) is 4.98. The highest BCUT2D eigenvalue weighted by Gasteiger charge is 2.27. The molecule has 1 atom stereocenters. The summed E-state index contributed by atoms with van der Waals surface area (Å²) in [6, 6.07) is 6.28. The van der Waals surface area contributed by atoms with Crippen LogP contribution in [0.5, 0.6) is 0 Å². The molecule has 1 amide bonds. The van der Waals surface area contributed by atoms with Crippen molar-refractivity contribution in [3.63, 3.8) is 0 Å². The third-order valence-corrected chi connectivity index (χ3v) is 4.98. The zero-order valence-corrected chi connectivity index (χ0v) is 15.8. The number of esters is 1. The van der Waals surface area contributed by atoms with Gasteiger partial charge in [-0.2, -0.15) is 0 Å². The highest BCUT2D eigenvalue weighted by atomic mass is 16.5. The van der Waals surface area contributed by atoms with Crippen LogP contribution in [0.25, 0.3) is 0 Å². The quantitative estimate of drug-likeness (QED) is 0.805. The van der Waals surface area contributed by atoms with Gasteiger partial charge in [0, 0.05) is 0 Å². The maximum atomic E-state index is 12.3. The topological polar surface area (TPSA) is 58.6 Å². The summed E-state index contributed by atoms with van der Waals surface area (Å²) in [4.78, 5) is 26.2. The molecule has 1 saturated heterocycles. The summed E-state index contributed by atoms with van der Waals surface area (Å²) in [7, 11) is 0. The summed E-state index contributed by atoms with van der Waals surface area (Å²) in [6.45, 7) is 10.3. The second-order valence-electron chi connectivity index (χ2n) is 6.94. The first-order chi connectivity index (χ1) is 11.9. The molecule has 5 heteroatoms. The number of nitrogens with zero attached hydrogens (tertiary/aromatic N) is 1. The minimum absolute atomic E-state index is 0.0103. The van der Waals surface area contributed by atoms with Gasteiger partial charge in [-0.25, -0.2) is 0 Å². The van der Waals surface area contributed by atoms with Crippen LogP contribution in [0, 0.1) is 19.8 Å². The average molecular weight is 346 g/mol. The highest BCUT2D eigenvalue weighted by molar-refractivity contribution is 5.78. The second kappa shape index (κ2) is 8.99. The molecule has 0 bridgehead atoms. The molecule has 0 aromatic heterocycles. The van der Waals surface area contributed by atoms with Crippen molar-refractivity contribution in [1.82, 2.24) is 10.2 Å². The number of carbonyl (C=O) groups is 2. The van der Waals surface area contributed by atoms with Crippen molar-refractivity contribution in [1.29, 1.82) is 0 Å². The van der Waals surface area contributed by atoms with Gasteiger partial charge in [-0.3, -0.25) is 14.5 Å². The lowest BCUT2D eigenvalue weighted by atomic mass is 9.97. The van der Waals surface area contributed by atoms with Crippen LogP contribution in [0.15, 0.2) is 18.2 Å². The standard InChI is InChI=1S/C20H30N2O3/c1-5-25-20(24)17-8-10-22(11-9-17)13-19(23)21-16(4)18-7-6-14(2)15(3)12-18/h6-7,12,16-17H,5,8-11,13H2,1-4H3,(H,21,23)/t16-/m1/s1. The summed E-state index contributed by atoms with van der Waals surface area (Å²) in [5.74, 6) is -0.0935. The summed E-state index contributed by atoms with van der Waals surface area (Å²) in [5, 5.41) is 3.07. The Balaban J connectivity index is 1.79. The number of ether oxygens (including phenoxy) is 1. The van der Waals surface area contributed by atoms with E-state index in [9.17, 15) is 9.59 Å². The zero-order chi connectivity index (χ0) is 18.4. The third kappa shape index (κ3) is 5.56. The minimum Gasteiger partial charge on any atom is -0.466 e. The smallest absolute Gasteiger partial charge is 0.309 e. The Morgan fingerprint density at radius 3 is 2.52 bits per heavy atom. The van der Waals surface area contributed by atoms with E-state index in [1.54, 1.807) is 0 Å². The lowest BCUT2D eigenvalue weighted by molar-refractivity contribution is -0.149. The van der Waals surface area contributed by atoms with Crippen LogP contribution in [0.4, 0.5) is 0 Å². The van der Waals surface area contributed by atoms with Crippen LogP contribution >= 0.6 is 0 Å². The molecule has 0 unspecified atom stereocenters. The molecular formula is C20H30N2O3. The molecule has 25 heavy (non-hydrogen) atoms. The van der Waals surface area contributed by atoms with Crippen molar-refractivity contribution < 1.29 is 14.3 Å². The van der Waals surface area contributed by atoms with E-state index in [0.29, 0.717) is 13.2 Å². The van der Waals surface area contributed by atoms with Crippen LogP contribution in [0.3, 0.4) is 0 Å². The number of benzene rings is 1. The average Bonchev–Trinajstić information content (AvgIpc) is 2.58. The Morgan fingerprint density at radius 1 is 1.24 bits per heavy atom. The van der Waals surface area contributed by atoms with Crippen molar-refractivity contribution in [2.75, 3.05) is 26.2 Å². The monoisotopic (exact) mass is 346 g/mol. The molecule has 0 radical (unpaired) electrons. The summed E-state index contributed by atoms with van der Waals surface area (Å²) >= 11 is 0. The molecule has 0 saturated carbocycles. The molecule has 1 fully saturated rings. The fourth-order valence-corrected chi connectivity index (χ4v) is 3.19. The van der Waals surface area contributed by atoms with Crippen molar-refractivity contribution in [3.8, 4) is 0 Å². The van der Waals surface area contributed by atoms with E-state index in [-0.39, 0.29) is 23.8 Å². The Hall–Kier alpha value is -1.88. The molecule has 0 aliphatic carbocycles. The number of aryl methyl sites for hydroxylation is 2. The summed E-state index contributed by atoms with van der Waals surface area (Å²) in [6.07, 6.45) is 1.53. The van der Waals surface area contributed by atoms with Gasteiger partial charge in [0.05, 0.1) is 25.1 Å². The van der Waals surface area contributed by atoms with Crippen LogP contribution in [0.1, 0.15) is 49.4 Å². The van der Waals surface area contributed by atoms with Gasteiger partial charge in [0.25, 0.3) is 0 Å². The van der Waals surface area contributed by atoms with E-state index >= 15 is 0 Å². The first kappa shape index (κ1) is 19.4. The molecular weight excluding hydrogens is 316 g/mol. The molecule has 0 spiro atoms. The van der Waals surface area contributed by atoms with E-state index in [1.165, 1.54) is 11.1 Å². The van der Waals surface area contributed by atoms with Gasteiger partial charge in [-0.05, 0) is 70.3 Å². The van der Waals surface area contributed by atoms with Gasteiger partial charge >= 0.3 is 5.97 Å². The molecule has 5 nitrogen and oxygen atoms in total. The molecule has 138 valence electrons. The lowest BCUT2D eigenvalue weighted by Gasteiger charge is -2.30. The van der Waals surface area contributed by atoms with E-state index in [2.05, 4.69) is 42.3 Å². The summed E-state index contributed by atoms with van der Waals surface area (Å²) < 4.78 is 5.08. The molecule has 2 rings (SSSR count). The van der Waals surface area contributed by atoms with Gasteiger partial charge in [0.15, 0.2) is 0 Å². The molecule has 1 aliphatic heterocycles. The van der Waals surface area contributed by atoms with E-state index in [1.807, 2.05) is 13.8 Å². The molecule has 1 aliphatic rings. The molecule has 1 aromatic rings. The van der Waals surface area contributed by atoms with Crippen LogP contribution in [0.2, 0.25) is 0 Å². The van der Waals surface area contributed by atoms with Crippen LogP contribution in [-0.2, 0) is 14.3 Å².